The summed E-state index contributed by atoms with van der Waals surface area (Å²) in [5, 5.41) is 13.4. The maximum absolute atomic E-state index is 11.8. The van der Waals surface area contributed by atoms with Crippen molar-refractivity contribution in [3.8, 4) is 0 Å². The molecule has 1 amide bonds. The number of rotatable bonds is 3. The lowest BCUT2D eigenvalue weighted by Crippen LogP contribution is -2.44. The minimum Gasteiger partial charge on any atom is -0.388 e. The molecule has 1 saturated carbocycles. The predicted molar refractivity (Wildman–Crippen MR) is 69.6 cm³/mol. The number of halogens is 1. The smallest absolute Gasteiger partial charge is 0.252 e. The lowest BCUT2D eigenvalue weighted by Gasteiger charge is -2.32. The van der Waals surface area contributed by atoms with Crippen molar-refractivity contribution in [2.75, 3.05) is 6.54 Å². The summed E-state index contributed by atoms with van der Waals surface area (Å²) in [7, 11) is 0. The minimum absolute atomic E-state index is 0.224. The Morgan fingerprint density at radius 1 is 1.39 bits per heavy atom. The number of nitrogens with zero attached hydrogens (tertiary/aromatic N) is 1. The largest absolute Gasteiger partial charge is 0.388 e. The molecule has 1 fully saturated rings. The normalized spacial score (nSPS) is 18.3. The zero-order valence-electron chi connectivity index (χ0n) is 10.2. The van der Waals surface area contributed by atoms with E-state index in [9.17, 15) is 9.90 Å². The van der Waals surface area contributed by atoms with Crippen molar-refractivity contribution >= 4 is 17.5 Å². The van der Waals surface area contributed by atoms with Gasteiger partial charge in [-0.25, -0.2) is 4.98 Å². The van der Waals surface area contributed by atoms with Crippen molar-refractivity contribution in [2.24, 2.45) is 0 Å². The third kappa shape index (κ3) is 3.43. The second-order valence-electron chi connectivity index (χ2n) is 4.84. The Kier molecular flexibility index (Phi) is 4.19. The highest BCUT2D eigenvalue weighted by atomic mass is 35.5. The number of aliphatic hydroxyl groups is 1. The fraction of sp³-hybridized carbons (Fsp3) is 0.538. The minimum atomic E-state index is -0.742. The SMILES string of the molecule is O=C(NCC1(O)CCCCC1)c1ccc(Cl)nc1. The van der Waals surface area contributed by atoms with Gasteiger partial charge in [0.25, 0.3) is 5.91 Å². The summed E-state index contributed by atoms with van der Waals surface area (Å²) < 4.78 is 0. The molecule has 2 N–H and O–H groups in total. The Bertz CT molecular complexity index is 414. The first kappa shape index (κ1) is 13.3. The van der Waals surface area contributed by atoms with E-state index in [0.717, 1.165) is 32.1 Å². The van der Waals surface area contributed by atoms with Gasteiger partial charge in [-0.1, -0.05) is 30.9 Å². The molecule has 98 valence electrons. The molecule has 18 heavy (non-hydrogen) atoms. The lowest BCUT2D eigenvalue weighted by molar-refractivity contribution is 0.00525. The van der Waals surface area contributed by atoms with Gasteiger partial charge in [-0.15, -0.1) is 0 Å². The third-order valence-corrected chi connectivity index (χ3v) is 3.58. The molecule has 0 saturated heterocycles. The van der Waals surface area contributed by atoms with Crippen LogP contribution in [0.3, 0.4) is 0 Å². The highest BCUT2D eigenvalue weighted by Gasteiger charge is 2.29. The molecule has 1 aromatic rings. The molecule has 0 bridgehead atoms. The van der Waals surface area contributed by atoms with E-state index in [4.69, 9.17) is 11.6 Å². The monoisotopic (exact) mass is 268 g/mol. The summed E-state index contributed by atoms with van der Waals surface area (Å²) in [6, 6.07) is 3.20. The van der Waals surface area contributed by atoms with Crippen LogP contribution in [0, 0.1) is 0 Å². The molecule has 5 heteroatoms. The molecular weight excluding hydrogens is 252 g/mol. The Balaban J connectivity index is 1.89. The second kappa shape index (κ2) is 5.67. The number of carbonyl (C=O) groups is 1. The highest BCUT2D eigenvalue weighted by Crippen LogP contribution is 2.27. The van der Waals surface area contributed by atoms with Crippen LogP contribution in [0.25, 0.3) is 0 Å². The number of hydrogen-bond donors (Lipinski definition) is 2. The van der Waals surface area contributed by atoms with Crippen LogP contribution in [0.1, 0.15) is 42.5 Å². The molecule has 0 radical (unpaired) electrons. The summed E-state index contributed by atoms with van der Waals surface area (Å²) in [6.07, 6.45) is 6.15. The number of amides is 1. The topological polar surface area (TPSA) is 62.2 Å². The van der Waals surface area contributed by atoms with Crippen molar-refractivity contribution in [2.45, 2.75) is 37.7 Å². The molecule has 4 nitrogen and oxygen atoms in total. The van der Waals surface area contributed by atoms with Gasteiger partial charge in [-0.05, 0) is 25.0 Å². The van der Waals surface area contributed by atoms with Crippen LogP contribution in [0.2, 0.25) is 5.15 Å². The molecule has 0 aromatic carbocycles. The Hall–Kier alpha value is -1.13. The fourth-order valence-corrected chi connectivity index (χ4v) is 2.36. The van der Waals surface area contributed by atoms with Gasteiger partial charge in [0.2, 0.25) is 0 Å². The van der Waals surface area contributed by atoms with Gasteiger partial charge in [0.15, 0.2) is 0 Å². The van der Waals surface area contributed by atoms with E-state index in [-0.39, 0.29) is 5.91 Å². The van der Waals surface area contributed by atoms with Crippen LogP contribution in [0.5, 0.6) is 0 Å². The number of nitrogens with one attached hydrogen (secondary N) is 1. The summed E-state index contributed by atoms with van der Waals surface area (Å²) in [5.41, 5.74) is -0.285. The second-order valence-corrected chi connectivity index (χ2v) is 5.22. The van der Waals surface area contributed by atoms with Gasteiger partial charge >= 0.3 is 0 Å². The van der Waals surface area contributed by atoms with E-state index in [1.807, 2.05) is 0 Å². The van der Waals surface area contributed by atoms with E-state index >= 15 is 0 Å². The van der Waals surface area contributed by atoms with Gasteiger partial charge < -0.3 is 10.4 Å². The molecule has 0 unspecified atom stereocenters. The summed E-state index contributed by atoms with van der Waals surface area (Å²) in [4.78, 5) is 15.7. The molecule has 1 aromatic heterocycles. The first-order valence-electron chi connectivity index (χ1n) is 6.21. The first-order valence-corrected chi connectivity index (χ1v) is 6.59. The average Bonchev–Trinajstić information content (AvgIpc) is 2.38. The molecular formula is C13H17ClN2O2. The number of hydrogen-bond acceptors (Lipinski definition) is 3. The van der Waals surface area contributed by atoms with Crippen molar-refractivity contribution in [3.63, 3.8) is 0 Å². The molecule has 2 rings (SSSR count). The lowest BCUT2D eigenvalue weighted by atomic mass is 9.85. The van der Waals surface area contributed by atoms with E-state index in [0.29, 0.717) is 17.3 Å². The van der Waals surface area contributed by atoms with E-state index < -0.39 is 5.60 Å². The predicted octanol–water partition coefficient (Wildman–Crippen LogP) is 2.16. The van der Waals surface area contributed by atoms with Crippen LogP contribution in [0.4, 0.5) is 0 Å². The number of pyridine rings is 1. The molecule has 1 aliphatic rings. The summed E-state index contributed by atoms with van der Waals surface area (Å²) in [6.45, 7) is 0.300. The van der Waals surface area contributed by atoms with Crippen LogP contribution in [0.15, 0.2) is 18.3 Å². The van der Waals surface area contributed by atoms with Crippen LogP contribution >= 0.6 is 11.6 Å². The van der Waals surface area contributed by atoms with Gasteiger partial charge in [0.1, 0.15) is 5.15 Å². The van der Waals surface area contributed by atoms with E-state index in [1.54, 1.807) is 12.1 Å². The Morgan fingerprint density at radius 3 is 2.72 bits per heavy atom. The molecule has 1 aliphatic carbocycles. The maximum atomic E-state index is 11.8. The van der Waals surface area contributed by atoms with Crippen LogP contribution < -0.4 is 5.32 Å². The van der Waals surface area contributed by atoms with Crippen molar-refractivity contribution < 1.29 is 9.90 Å². The van der Waals surface area contributed by atoms with Crippen LogP contribution in [-0.2, 0) is 0 Å². The molecule has 0 atom stereocenters. The molecule has 0 aliphatic heterocycles. The van der Waals surface area contributed by atoms with Crippen molar-refractivity contribution in [3.05, 3.63) is 29.0 Å². The van der Waals surface area contributed by atoms with Crippen molar-refractivity contribution in [1.82, 2.24) is 10.3 Å². The molecule has 0 spiro atoms. The standard InChI is InChI=1S/C13H17ClN2O2/c14-11-5-4-10(8-15-11)12(17)16-9-13(18)6-2-1-3-7-13/h4-5,8,18H,1-3,6-7,9H2,(H,16,17). The van der Waals surface area contributed by atoms with Gasteiger partial charge in [-0.2, -0.15) is 0 Å². The molecule has 1 heterocycles. The average molecular weight is 269 g/mol. The van der Waals surface area contributed by atoms with Gasteiger partial charge in [-0.3, -0.25) is 4.79 Å². The first-order chi connectivity index (χ1) is 8.59. The zero-order chi connectivity index (χ0) is 13.0. The maximum Gasteiger partial charge on any atom is 0.252 e. The zero-order valence-corrected chi connectivity index (χ0v) is 10.9. The van der Waals surface area contributed by atoms with Crippen molar-refractivity contribution in [1.29, 1.82) is 0 Å². The third-order valence-electron chi connectivity index (χ3n) is 3.35. The summed E-state index contributed by atoms with van der Waals surface area (Å²) in [5.74, 6) is -0.224. The Labute approximate surface area is 111 Å². The van der Waals surface area contributed by atoms with Gasteiger partial charge in [0, 0.05) is 12.7 Å². The Morgan fingerprint density at radius 2 is 2.11 bits per heavy atom. The highest BCUT2D eigenvalue weighted by molar-refractivity contribution is 6.29. The quantitative estimate of drug-likeness (QED) is 0.826. The van der Waals surface area contributed by atoms with E-state index in [2.05, 4.69) is 10.3 Å². The fourth-order valence-electron chi connectivity index (χ4n) is 2.24. The number of aromatic nitrogens is 1. The number of carbonyl (C=O) groups excluding carboxylic acids is 1. The van der Waals surface area contributed by atoms with Gasteiger partial charge in [0.05, 0.1) is 11.2 Å². The van der Waals surface area contributed by atoms with Crippen LogP contribution in [-0.4, -0.2) is 28.1 Å². The summed E-state index contributed by atoms with van der Waals surface area (Å²) >= 11 is 5.65. The van der Waals surface area contributed by atoms with E-state index in [1.165, 1.54) is 6.20 Å².